The molecule has 0 aliphatic rings. The number of aromatic nitrogens is 1. The fraction of sp³-hybridized carbons (Fsp3) is 0.125. The van der Waals surface area contributed by atoms with E-state index in [0.29, 0.717) is 0 Å². The molecule has 0 saturated carbocycles. The van der Waals surface area contributed by atoms with Crippen molar-refractivity contribution >= 4 is 61.5 Å². The first-order chi connectivity index (χ1) is 13.7. The summed E-state index contributed by atoms with van der Waals surface area (Å²) in [6.45, 7) is 0. The number of para-hydroxylation sites is 1. The van der Waals surface area contributed by atoms with E-state index in [-0.39, 0.29) is 0 Å². The van der Waals surface area contributed by atoms with Gasteiger partial charge >= 0.3 is 0 Å². The molecule has 0 fully saturated rings. The van der Waals surface area contributed by atoms with Crippen LogP contribution < -0.4 is 9.47 Å². The Balaban J connectivity index is 1.89. The van der Waals surface area contributed by atoms with Crippen molar-refractivity contribution in [1.82, 2.24) is 0 Å². The summed E-state index contributed by atoms with van der Waals surface area (Å²) in [5.74, 6) is 0. The van der Waals surface area contributed by atoms with Gasteiger partial charge in [0.15, 0.2) is 4.55 Å². The van der Waals surface area contributed by atoms with Crippen molar-refractivity contribution < 1.29 is 4.57 Å². The average Bonchev–Trinajstić information content (AvgIpc) is 3.10. The third-order valence-electron chi connectivity index (χ3n) is 4.80. The maximum absolute atomic E-state index is 2.45. The fourth-order valence-corrected chi connectivity index (χ4v) is 5.37. The van der Waals surface area contributed by atoms with Crippen LogP contribution in [0.15, 0.2) is 78.9 Å². The molecule has 4 aromatic rings. The van der Waals surface area contributed by atoms with Gasteiger partial charge in [-0.15, -0.1) is 0 Å². The number of nitrogens with zero attached hydrogens (tertiary/aromatic N) is 2. The predicted molar refractivity (Wildman–Crippen MR) is 130 cm³/mol. The monoisotopic (exact) mass is 497 g/mol. The summed E-state index contributed by atoms with van der Waals surface area (Å²) in [7, 11) is 4.15. The number of halogens is 1. The fourth-order valence-electron chi connectivity index (χ4n) is 3.30. The van der Waals surface area contributed by atoms with Crippen LogP contribution in [0.25, 0.3) is 21.9 Å². The lowest BCUT2D eigenvalue weighted by atomic mass is 9.97. The summed E-state index contributed by atoms with van der Waals surface area (Å²) in [6, 6.07) is 28.1. The highest BCUT2D eigenvalue weighted by Gasteiger charge is 2.19. The highest BCUT2D eigenvalue weighted by Crippen LogP contribution is 2.30. The van der Waals surface area contributed by atoms with Gasteiger partial charge in [0.2, 0.25) is 5.52 Å². The molecule has 1 aromatic heterocycles. The number of hydrogen-bond acceptors (Lipinski definition) is 2. The van der Waals surface area contributed by atoms with Gasteiger partial charge in [0, 0.05) is 31.9 Å². The molecule has 0 radical (unpaired) electrons. The largest absolute Gasteiger partial charge is 0.378 e. The molecular weight excluding hydrogens is 475 g/mol. The van der Waals surface area contributed by atoms with Crippen LogP contribution in [0, 0.1) is 0 Å². The number of anilines is 1. The molecule has 0 atom stereocenters. The average molecular weight is 497 g/mol. The van der Waals surface area contributed by atoms with Crippen LogP contribution >= 0.6 is 33.9 Å². The van der Waals surface area contributed by atoms with Gasteiger partial charge in [-0.2, -0.15) is 4.57 Å². The maximum Gasteiger partial charge on any atom is 0.264 e. The zero-order valence-electron chi connectivity index (χ0n) is 16.0. The number of benzene rings is 3. The van der Waals surface area contributed by atoms with Crippen LogP contribution in [-0.4, -0.2) is 14.1 Å². The number of fused-ring (bicyclic) bond motifs is 1. The third kappa shape index (κ3) is 3.84. The van der Waals surface area contributed by atoms with E-state index >= 15 is 0 Å². The van der Waals surface area contributed by atoms with Crippen molar-refractivity contribution in [2.45, 2.75) is 4.55 Å². The van der Waals surface area contributed by atoms with E-state index in [4.69, 9.17) is 0 Å². The number of alkyl halides is 1. The molecule has 2 nitrogen and oxygen atoms in total. The Morgan fingerprint density at radius 3 is 2.21 bits per heavy atom. The molecule has 0 bridgehead atoms. The molecule has 0 amide bonds. The van der Waals surface area contributed by atoms with Crippen LogP contribution in [-0.2, 0) is 4.55 Å². The normalized spacial score (nSPS) is 11.8. The van der Waals surface area contributed by atoms with Crippen molar-refractivity contribution in [1.29, 1.82) is 0 Å². The van der Waals surface area contributed by atoms with Crippen molar-refractivity contribution in [3.05, 3.63) is 95.0 Å². The van der Waals surface area contributed by atoms with Crippen molar-refractivity contribution in [3.63, 3.8) is 0 Å². The first kappa shape index (κ1) is 19.2. The highest BCUT2D eigenvalue weighted by atomic mass is 127. The Morgan fingerprint density at radius 1 is 0.893 bits per heavy atom. The first-order valence-corrected chi connectivity index (χ1v) is 11.5. The second-order valence-electron chi connectivity index (χ2n) is 6.82. The van der Waals surface area contributed by atoms with Crippen molar-refractivity contribution in [3.8, 4) is 0 Å². The lowest BCUT2D eigenvalue weighted by Gasteiger charge is -2.14. The van der Waals surface area contributed by atoms with Gasteiger partial charge in [0.25, 0.3) is 5.01 Å². The minimum absolute atomic E-state index is 0.926. The molecule has 28 heavy (non-hydrogen) atoms. The summed E-state index contributed by atoms with van der Waals surface area (Å²) in [5.41, 5.74) is 6.21. The zero-order chi connectivity index (χ0) is 19.5. The molecule has 0 spiro atoms. The minimum atomic E-state index is 0.926. The number of hydrogen-bond donors (Lipinski definition) is 0. The van der Waals surface area contributed by atoms with E-state index in [1.165, 1.54) is 37.6 Å². The molecule has 1 heterocycles. The zero-order valence-corrected chi connectivity index (χ0v) is 18.9. The second kappa shape index (κ2) is 8.45. The first-order valence-electron chi connectivity index (χ1n) is 9.19. The van der Waals surface area contributed by atoms with E-state index in [1.54, 1.807) is 0 Å². The summed E-state index contributed by atoms with van der Waals surface area (Å²) < 4.78 is 4.63. The van der Waals surface area contributed by atoms with Gasteiger partial charge in [0.1, 0.15) is 4.70 Å². The Hall–Kier alpha value is -2.18. The van der Waals surface area contributed by atoms with Gasteiger partial charge in [0.05, 0.1) is 0 Å². The minimum Gasteiger partial charge on any atom is -0.378 e. The lowest BCUT2D eigenvalue weighted by molar-refractivity contribution is -0.641. The van der Waals surface area contributed by atoms with E-state index in [1.807, 2.05) is 11.3 Å². The molecule has 0 aliphatic heterocycles. The Kier molecular flexibility index (Phi) is 5.78. The van der Waals surface area contributed by atoms with E-state index in [0.717, 1.165) is 4.55 Å². The summed E-state index contributed by atoms with van der Waals surface area (Å²) in [5, 5.41) is 1.27. The van der Waals surface area contributed by atoms with Gasteiger partial charge in [-0.25, -0.2) is 0 Å². The molecule has 0 saturated heterocycles. The Morgan fingerprint density at radius 2 is 1.54 bits per heavy atom. The Bertz CT molecular complexity index is 1110. The van der Waals surface area contributed by atoms with Gasteiger partial charge < -0.3 is 4.90 Å². The molecule has 140 valence electrons. The molecule has 0 unspecified atom stereocenters. The molecule has 3 aromatic carbocycles. The highest BCUT2D eigenvalue weighted by molar-refractivity contribution is 14.1. The summed E-state index contributed by atoms with van der Waals surface area (Å²) in [6.07, 6.45) is 2.34. The molecular formula is C24H22IN2S+. The number of thiazole rings is 1. The SMILES string of the molecule is CN(C)c1ccc(/C(=C/c2sc3ccccc3[n+]2CI)c2ccccc2)cc1. The standard InChI is InChI=1S/C24H22IN2S/c1-26(2)20-14-12-19(13-15-20)21(18-8-4-3-5-9-18)16-24-27(17-25)22-10-6-7-11-23(22)28-24/h3-16H,17H2,1-2H3/q+1. The smallest absolute Gasteiger partial charge is 0.264 e. The number of rotatable bonds is 5. The van der Waals surface area contributed by atoms with E-state index in [2.05, 4.69) is 131 Å². The summed E-state index contributed by atoms with van der Waals surface area (Å²) in [4.78, 5) is 2.13. The van der Waals surface area contributed by atoms with Crippen LogP contribution in [0.2, 0.25) is 0 Å². The molecule has 4 heteroatoms. The van der Waals surface area contributed by atoms with E-state index in [9.17, 15) is 0 Å². The van der Waals surface area contributed by atoms with Gasteiger partial charge in [-0.05, 0) is 57.5 Å². The van der Waals surface area contributed by atoms with Crippen LogP contribution in [0.1, 0.15) is 16.1 Å². The van der Waals surface area contributed by atoms with Crippen LogP contribution in [0.3, 0.4) is 0 Å². The van der Waals surface area contributed by atoms with Crippen LogP contribution in [0.5, 0.6) is 0 Å². The van der Waals surface area contributed by atoms with Crippen LogP contribution in [0.4, 0.5) is 5.69 Å². The third-order valence-corrected chi connectivity index (χ3v) is 6.60. The van der Waals surface area contributed by atoms with Gasteiger partial charge in [-0.3, -0.25) is 0 Å². The summed E-state index contributed by atoms with van der Waals surface area (Å²) >= 11 is 4.29. The van der Waals surface area contributed by atoms with E-state index < -0.39 is 0 Å². The quantitative estimate of drug-likeness (QED) is 0.180. The lowest BCUT2D eigenvalue weighted by Crippen LogP contribution is -2.32. The topological polar surface area (TPSA) is 7.12 Å². The van der Waals surface area contributed by atoms with Gasteiger partial charge in [-0.1, -0.05) is 65.9 Å². The second-order valence-corrected chi connectivity index (χ2v) is 8.57. The molecule has 4 rings (SSSR count). The predicted octanol–water partition coefficient (Wildman–Crippen LogP) is 6.24. The molecule has 0 aliphatic carbocycles. The van der Waals surface area contributed by atoms with Crippen molar-refractivity contribution in [2.75, 3.05) is 19.0 Å². The van der Waals surface area contributed by atoms with Crippen molar-refractivity contribution in [2.24, 2.45) is 0 Å². The Labute approximate surface area is 183 Å². The molecule has 0 N–H and O–H groups in total. The maximum atomic E-state index is 2.45.